The number of halogens is 1. The van der Waals surface area contributed by atoms with E-state index < -0.39 is 0 Å². The summed E-state index contributed by atoms with van der Waals surface area (Å²) in [6.45, 7) is 8.79. The summed E-state index contributed by atoms with van der Waals surface area (Å²) in [6.07, 6.45) is 2.49. The largest absolute Gasteiger partial charge is 0.313 e. The quantitative estimate of drug-likeness (QED) is 0.770. The first kappa shape index (κ1) is 16.2. The van der Waals surface area contributed by atoms with Gasteiger partial charge in [-0.05, 0) is 46.4 Å². The topological polar surface area (TPSA) is 15.3 Å². The third-order valence-corrected chi connectivity index (χ3v) is 4.61. The number of thiophene rings is 1. The minimum absolute atomic E-state index is 0.563. The van der Waals surface area contributed by atoms with Crippen molar-refractivity contribution in [2.45, 2.75) is 52.2 Å². The van der Waals surface area contributed by atoms with Gasteiger partial charge in [0.1, 0.15) is 0 Å². The van der Waals surface area contributed by atoms with Crippen molar-refractivity contribution >= 4 is 27.3 Å². The zero-order valence-corrected chi connectivity index (χ0v) is 14.3. The molecule has 0 radical (unpaired) electrons. The summed E-state index contributed by atoms with van der Waals surface area (Å²) in [6, 6.07) is 3.41. The lowest BCUT2D eigenvalue weighted by atomic mass is 10.1. The first-order valence-corrected chi connectivity index (χ1v) is 8.36. The van der Waals surface area contributed by atoms with Crippen LogP contribution >= 0.6 is 27.3 Å². The maximum atomic E-state index is 3.55. The summed E-state index contributed by atoms with van der Waals surface area (Å²) >= 11 is 5.29. The van der Waals surface area contributed by atoms with Crippen molar-refractivity contribution in [1.29, 1.82) is 0 Å². The van der Waals surface area contributed by atoms with Gasteiger partial charge in [0.25, 0.3) is 0 Å². The van der Waals surface area contributed by atoms with Gasteiger partial charge in [-0.15, -0.1) is 11.3 Å². The monoisotopic (exact) mass is 332 g/mol. The second kappa shape index (κ2) is 8.31. The van der Waals surface area contributed by atoms with E-state index in [1.807, 2.05) is 0 Å². The molecule has 104 valence electrons. The van der Waals surface area contributed by atoms with Crippen LogP contribution in [-0.4, -0.2) is 30.6 Å². The Morgan fingerprint density at radius 3 is 2.67 bits per heavy atom. The fourth-order valence-electron chi connectivity index (χ4n) is 2.03. The Morgan fingerprint density at radius 2 is 2.17 bits per heavy atom. The summed E-state index contributed by atoms with van der Waals surface area (Å²) < 4.78 is 1.22. The van der Waals surface area contributed by atoms with Crippen molar-refractivity contribution in [3.05, 3.63) is 20.8 Å². The van der Waals surface area contributed by atoms with Gasteiger partial charge in [-0.25, -0.2) is 0 Å². The summed E-state index contributed by atoms with van der Waals surface area (Å²) in [4.78, 5) is 2.47. The van der Waals surface area contributed by atoms with Crippen LogP contribution in [0.3, 0.4) is 0 Å². The molecule has 1 rings (SSSR count). The molecule has 0 aromatic carbocycles. The molecule has 1 atom stereocenters. The van der Waals surface area contributed by atoms with Gasteiger partial charge in [-0.3, -0.25) is 4.90 Å². The first-order valence-electron chi connectivity index (χ1n) is 6.69. The second-order valence-electron chi connectivity index (χ2n) is 5.18. The Hall–Kier alpha value is 0.100. The highest BCUT2D eigenvalue weighted by Crippen LogP contribution is 2.22. The molecule has 4 heteroatoms. The summed E-state index contributed by atoms with van der Waals surface area (Å²) in [5, 5.41) is 5.79. The highest BCUT2D eigenvalue weighted by molar-refractivity contribution is 9.11. The van der Waals surface area contributed by atoms with Gasteiger partial charge < -0.3 is 5.32 Å². The Morgan fingerprint density at radius 1 is 1.44 bits per heavy atom. The summed E-state index contributed by atoms with van der Waals surface area (Å²) in [5.74, 6) is 0. The molecule has 0 aliphatic carbocycles. The van der Waals surface area contributed by atoms with E-state index in [9.17, 15) is 0 Å². The Bertz CT molecular complexity index is 338. The van der Waals surface area contributed by atoms with Gasteiger partial charge in [0.05, 0.1) is 3.79 Å². The SMILES string of the molecule is CCCC(CNC(C)C)N(C)Cc1csc(Br)c1. The fourth-order valence-corrected chi connectivity index (χ4v) is 3.23. The number of rotatable bonds is 8. The van der Waals surface area contributed by atoms with Crippen LogP contribution in [0.15, 0.2) is 15.2 Å². The van der Waals surface area contributed by atoms with E-state index in [0.29, 0.717) is 12.1 Å². The third-order valence-electron chi connectivity index (χ3n) is 3.06. The van der Waals surface area contributed by atoms with Crippen molar-refractivity contribution in [1.82, 2.24) is 10.2 Å². The molecule has 0 aliphatic rings. The molecule has 18 heavy (non-hydrogen) atoms. The smallest absolute Gasteiger partial charge is 0.0701 e. The fraction of sp³-hybridized carbons (Fsp3) is 0.714. The van der Waals surface area contributed by atoms with Crippen molar-refractivity contribution in [3.8, 4) is 0 Å². The van der Waals surface area contributed by atoms with Crippen LogP contribution in [0.25, 0.3) is 0 Å². The molecule has 1 unspecified atom stereocenters. The van der Waals surface area contributed by atoms with E-state index in [2.05, 4.69) is 65.4 Å². The molecule has 0 saturated carbocycles. The Kier molecular flexibility index (Phi) is 7.46. The zero-order chi connectivity index (χ0) is 13.5. The molecule has 1 aromatic heterocycles. The van der Waals surface area contributed by atoms with Gasteiger partial charge in [-0.2, -0.15) is 0 Å². The average Bonchev–Trinajstić information content (AvgIpc) is 2.69. The van der Waals surface area contributed by atoms with Crippen LogP contribution in [0.5, 0.6) is 0 Å². The molecule has 0 fully saturated rings. The molecule has 2 nitrogen and oxygen atoms in total. The van der Waals surface area contributed by atoms with Crippen LogP contribution in [0, 0.1) is 0 Å². The first-order chi connectivity index (χ1) is 8.52. The van der Waals surface area contributed by atoms with Gasteiger partial charge in [0, 0.05) is 25.2 Å². The van der Waals surface area contributed by atoms with Crippen molar-refractivity contribution < 1.29 is 0 Å². The van der Waals surface area contributed by atoms with Crippen LogP contribution in [0.4, 0.5) is 0 Å². The van der Waals surface area contributed by atoms with Gasteiger partial charge >= 0.3 is 0 Å². The zero-order valence-electron chi connectivity index (χ0n) is 11.9. The number of hydrogen-bond donors (Lipinski definition) is 1. The lowest BCUT2D eigenvalue weighted by molar-refractivity contribution is 0.212. The van der Waals surface area contributed by atoms with Gasteiger partial charge in [0.15, 0.2) is 0 Å². The van der Waals surface area contributed by atoms with E-state index in [-0.39, 0.29) is 0 Å². The molecule has 1 aromatic rings. The number of hydrogen-bond acceptors (Lipinski definition) is 3. The Balaban J connectivity index is 2.50. The lowest BCUT2D eigenvalue weighted by Gasteiger charge is -2.28. The molecular formula is C14H25BrN2S. The summed E-state index contributed by atoms with van der Waals surface area (Å²) in [7, 11) is 2.23. The highest BCUT2D eigenvalue weighted by atomic mass is 79.9. The normalized spacial score (nSPS) is 13.5. The predicted molar refractivity (Wildman–Crippen MR) is 85.3 cm³/mol. The molecule has 0 spiro atoms. The molecule has 1 N–H and O–H groups in total. The number of nitrogens with one attached hydrogen (secondary N) is 1. The minimum atomic E-state index is 0.563. The van der Waals surface area contributed by atoms with Crippen LogP contribution in [0.2, 0.25) is 0 Å². The molecular weight excluding hydrogens is 308 g/mol. The van der Waals surface area contributed by atoms with Crippen molar-refractivity contribution in [2.24, 2.45) is 0 Å². The minimum Gasteiger partial charge on any atom is -0.313 e. The average molecular weight is 333 g/mol. The number of likely N-dealkylation sites (N-methyl/N-ethyl adjacent to an activating group) is 1. The lowest BCUT2D eigenvalue weighted by Crippen LogP contribution is -2.41. The van der Waals surface area contributed by atoms with E-state index in [1.54, 1.807) is 11.3 Å². The maximum absolute atomic E-state index is 3.55. The molecule has 0 saturated heterocycles. The third kappa shape index (κ3) is 5.83. The summed E-state index contributed by atoms with van der Waals surface area (Å²) in [5.41, 5.74) is 1.40. The van der Waals surface area contributed by atoms with Crippen LogP contribution in [-0.2, 0) is 6.54 Å². The van der Waals surface area contributed by atoms with Gasteiger partial charge in [0.2, 0.25) is 0 Å². The van der Waals surface area contributed by atoms with E-state index in [0.717, 1.165) is 13.1 Å². The maximum Gasteiger partial charge on any atom is 0.0701 e. The van der Waals surface area contributed by atoms with E-state index in [1.165, 1.54) is 22.2 Å². The van der Waals surface area contributed by atoms with Crippen LogP contribution < -0.4 is 5.32 Å². The Labute approximate surface area is 124 Å². The molecule has 1 heterocycles. The van der Waals surface area contributed by atoms with Crippen molar-refractivity contribution in [3.63, 3.8) is 0 Å². The molecule has 0 bridgehead atoms. The van der Waals surface area contributed by atoms with Crippen LogP contribution in [0.1, 0.15) is 39.2 Å². The highest BCUT2D eigenvalue weighted by Gasteiger charge is 2.14. The van der Waals surface area contributed by atoms with Gasteiger partial charge in [-0.1, -0.05) is 27.2 Å². The van der Waals surface area contributed by atoms with Crippen molar-refractivity contribution in [2.75, 3.05) is 13.6 Å². The standard InChI is InChI=1S/C14H25BrN2S/c1-5-6-13(8-16-11(2)3)17(4)9-12-7-14(15)18-10-12/h7,10-11,13,16H,5-6,8-9H2,1-4H3. The van der Waals surface area contributed by atoms with E-state index in [4.69, 9.17) is 0 Å². The van der Waals surface area contributed by atoms with E-state index >= 15 is 0 Å². The number of nitrogens with zero attached hydrogens (tertiary/aromatic N) is 1. The molecule has 0 amide bonds. The predicted octanol–water partition coefficient (Wildman–Crippen LogP) is 4.11. The molecule has 0 aliphatic heterocycles. The second-order valence-corrected chi connectivity index (χ2v) is 7.47.